The van der Waals surface area contributed by atoms with Crippen LogP contribution in [-0.4, -0.2) is 93.1 Å². The third-order valence-corrected chi connectivity index (χ3v) is 14.6. The lowest BCUT2D eigenvalue weighted by molar-refractivity contribution is -0.138. The molecule has 4 N–H and O–H groups in total. The van der Waals surface area contributed by atoms with Crippen LogP contribution in [0.15, 0.2) is 164 Å². The van der Waals surface area contributed by atoms with Crippen LogP contribution in [-0.2, 0) is 38.1 Å². The van der Waals surface area contributed by atoms with Gasteiger partial charge in [-0.1, -0.05) is 151 Å². The molecule has 0 amide bonds. The number of carbonyl (C=O) groups is 4. The molecule has 2 atom stereocenters. The van der Waals surface area contributed by atoms with Crippen LogP contribution in [0.4, 0.5) is 0 Å². The fraction of sp³-hybridized carbons (Fsp3) is 0.280. The number of hydrogen-bond acceptors (Lipinski definition) is 15. The molecule has 2 unspecified atom stereocenters. The third-order valence-electron chi connectivity index (χ3n) is 14.6. The van der Waals surface area contributed by atoms with Crippen LogP contribution in [0, 0.1) is 11.8 Å². The first-order valence-corrected chi connectivity index (χ1v) is 30.0. The Labute approximate surface area is 529 Å². The van der Waals surface area contributed by atoms with Gasteiger partial charge in [-0.2, -0.15) is 0 Å². The van der Waals surface area contributed by atoms with Gasteiger partial charge in [-0.05, 0) is 166 Å². The van der Waals surface area contributed by atoms with Gasteiger partial charge in [0.25, 0.3) is 0 Å². The van der Waals surface area contributed by atoms with Crippen molar-refractivity contribution in [3.8, 4) is 40.2 Å². The second-order valence-electron chi connectivity index (χ2n) is 21.0. The van der Waals surface area contributed by atoms with Crippen molar-refractivity contribution in [2.75, 3.05) is 48.8 Å². The molecule has 0 radical (unpaired) electrons. The summed E-state index contributed by atoms with van der Waals surface area (Å²) >= 11 is 0. The highest BCUT2D eigenvalue weighted by atomic mass is 16.5. The molecular weight excluding hydrogens is 1140 g/mol. The van der Waals surface area contributed by atoms with E-state index in [9.17, 15) is 39.6 Å². The van der Waals surface area contributed by atoms with Gasteiger partial charge in [0.1, 0.15) is 40.2 Å². The Morgan fingerprint density at radius 1 is 0.356 bits per heavy atom. The number of benzene rings is 7. The quantitative estimate of drug-likeness (QED) is 0.0163. The predicted octanol–water partition coefficient (Wildman–Crippen LogP) is 15.9. The van der Waals surface area contributed by atoms with E-state index < -0.39 is 17.9 Å². The van der Waals surface area contributed by atoms with Gasteiger partial charge < -0.3 is 53.6 Å². The third kappa shape index (κ3) is 22.9. The second-order valence-corrected chi connectivity index (χ2v) is 21.0. The summed E-state index contributed by atoms with van der Waals surface area (Å²) in [5.74, 6) is 1.51. The fourth-order valence-corrected chi connectivity index (χ4v) is 9.13. The molecule has 0 aliphatic carbocycles. The molecule has 0 bridgehead atoms. The normalized spacial score (nSPS) is 12.1. The first-order valence-electron chi connectivity index (χ1n) is 30.0. The minimum absolute atomic E-state index is 0.101. The fourth-order valence-electron chi connectivity index (χ4n) is 9.13. The van der Waals surface area contributed by atoms with Crippen LogP contribution in [0.1, 0.15) is 124 Å². The van der Waals surface area contributed by atoms with Gasteiger partial charge in [0.2, 0.25) is 0 Å². The van der Waals surface area contributed by atoms with E-state index in [0.717, 1.165) is 79.4 Å². The Hall–Kier alpha value is -10.0. The SMILES string of the molecule is CCCCC(CC)COC(=O)/C(=C/c1cc(OC)cc(OC)c1)c1ccc(O)cc1.CCCCC(CC)COC(=O)/C(=C/c1ccc(OC)cc1)c1ccc(O)cc1.COC(=O)/C(=C/c1ccc(/C=C(/C(=O)OC)c2ccc(O)cc2)cc1)c1ccc(O)cc1. The highest BCUT2D eigenvalue weighted by Gasteiger charge is 2.20. The zero-order valence-electron chi connectivity index (χ0n) is 52.9. The van der Waals surface area contributed by atoms with Crippen molar-refractivity contribution in [2.45, 2.75) is 79.1 Å². The van der Waals surface area contributed by atoms with Crippen molar-refractivity contribution in [3.63, 3.8) is 0 Å². The maximum absolute atomic E-state index is 13.0. The summed E-state index contributed by atoms with van der Waals surface area (Å²) in [7, 11) is 7.40. The number of hydrogen-bond donors (Lipinski definition) is 4. The lowest BCUT2D eigenvalue weighted by Crippen LogP contribution is -2.15. The van der Waals surface area contributed by atoms with Gasteiger partial charge in [0, 0.05) is 6.07 Å². The largest absolute Gasteiger partial charge is 0.508 e. The molecule has 0 spiro atoms. The Kier molecular flexibility index (Phi) is 29.6. The molecule has 0 fully saturated rings. The number of aromatic hydroxyl groups is 4. The average molecular weight is 1230 g/mol. The molecule has 0 aliphatic heterocycles. The van der Waals surface area contributed by atoms with Crippen molar-refractivity contribution in [2.24, 2.45) is 11.8 Å². The number of rotatable bonds is 27. The van der Waals surface area contributed by atoms with Crippen LogP contribution < -0.4 is 14.2 Å². The number of esters is 4. The number of ether oxygens (including phenoxy) is 7. The van der Waals surface area contributed by atoms with E-state index in [-0.39, 0.29) is 29.0 Å². The molecule has 0 saturated heterocycles. The molecular formula is C75H84O15. The molecule has 0 heterocycles. The van der Waals surface area contributed by atoms with Crippen molar-refractivity contribution in [1.82, 2.24) is 0 Å². The molecule has 7 aromatic carbocycles. The van der Waals surface area contributed by atoms with E-state index in [1.807, 2.05) is 36.4 Å². The Bertz CT molecular complexity index is 3370. The van der Waals surface area contributed by atoms with E-state index in [1.54, 1.807) is 149 Å². The molecule has 0 aliphatic rings. The van der Waals surface area contributed by atoms with Gasteiger partial charge in [0.05, 0.1) is 71.1 Å². The van der Waals surface area contributed by atoms with Crippen molar-refractivity contribution < 1.29 is 72.8 Å². The highest BCUT2D eigenvalue weighted by Crippen LogP contribution is 2.31. The monoisotopic (exact) mass is 1220 g/mol. The molecule has 0 aromatic heterocycles. The van der Waals surface area contributed by atoms with Crippen LogP contribution in [0.25, 0.3) is 46.6 Å². The molecule has 15 nitrogen and oxygen atoms in total. The highest BCUT2D eigenvalue weighted by molar-refractivity contribution is 6.23. The zero-order chi connectivity index (χ0) is 65.4. The van der Waals surface area contributed by atoms with Crippen molar-refractivity contribution in [3.05, 3.63) is 208 Å². The minimum Gasteiger partial charge on any atom is -0.508 e. The van der Waals surface area contributed by atoms with Gasteiger partial charge in [-0.25, -0.2) is 19.2 Å². The minimum atomic E-state index is -0.500. The van der Waals surface area contributed by atoms with Crippen molar-refractivity contribution in [1.29, 1.82) is 0 Å². The van der Waals surface area contributed by atoms with Crippen LogP contribution in [0.3, 0.4) is 0 Å². The Morgan fingerprint density at radius 3 is 0.900 bits per heavy atom. The molecule has 474 valence electrons. The summed E-state index contributed by atoms with van der Waals surface area (Å²) in [5, 5.41) is 38.2. The van der Waals surface area contributed by atoms with Gasteiger partial charge in [-0.3, -0.25) is 0 Å². The molecule has 0 saturated carbocycles. The topological polar surface area (TPSA) is 214 Å². The summed E-state index contributed by atoms with van der Waals surface area (Å²) < 4.78 is 37.0. The Balaban J connectivity index is 0.000000246. The number of phenols is 4. The Morgan fingerprint density at radius 2 is 0.633 bits per heavy atom. The van der Waals surface area contributed by atoms with Gasteiger partial charge in [-0.15, -0.1) is 0 Å². The first kappa shape index (κ1) is 70.7. The predicted molar refractivity (Wildman–Crippen MR) is 355 cm³/mol. The summed E-state index contributed by atoms with van der Waals surface area (Å²) in [6.07, 6.45) is 15.5. The van der Waals surface area contributed by atoms with E-state index in [0.29, 0.717) is 81.1 Å². The standard InChI is InChI=1S/C26H22O6.C25H32O5.C24H30O4/c1-31-25(29)23(19-7-11-21(27)12-8-19)15-17-3-5-18(6-4-17)16-24(26(30)32-2)20-9-13-22(28)14-10-20;1-5-7-8-18(6-2)17-30-25(27)24(20-9-11-21(26)12-10-20)15-19-13-22(28-3)16-23(14-19)29-4;1-4-6-7-18(5-2)17-28-24(26)23(20-10-12-21(25)13-11-20)16-19-8-14-22(27-3)15-9-19/h3-16,27-28H,1-2H3;9-16,18,26H,5-8,17H2,1-4H3;8-16,18,25H,4-7,17H2,1-3H3/b23-15+,24-16+;24-15+;23-16+. The number of unbranched alkanes of at least 4 members (excludes halogenated alkanes) is 2. The number of phenolic OH excluding ortho intramolecular Hbond substituents is 4. The molecule has 90 heavy (non-hydrogen) atoms. The molecule has 15 heteroatoms. The summed E-state index contributed by atoms with van der Waals surface area (Å²) in [6.45, 7) is 9.39. The van der Waals surface area contributed by atoms with Crippen LogP contribution in [0.2, 0.25) is 0 Å². The van der Waals surface area contributed by atoms with Crippen LogP contribution >= 0.6 is 0 Å². The van der Waals surface area contributed by atoms with Crippen molar-refractivity contribution >= 4 is 70.5 Å². The van der Waals surface area contributed by atoms with Gasteiger partial charge in [0.15, 0.2) is 0 Å². The summed E-state index contributed by atoms with van der Waals surface area (Å²) in [6, 6.07) is 45.8. The van der Waals surface area contributed by atoms with Gasteiger partial charge >= 0.3 is 23.9 Å². The van der Waals surface area contributed by atoms with E-state index in [1.165, 1.54) is 38.5 Å². The summed E-state index contributed by atoms with van der Waals surface area (Å²) in [4.78, 5) is 50.4. The lowest BCUT2D eigenvalue weighted by Gasteiger charge is -2.16. The second kappa shape index (κ2) is 37.6. The van der Waals surface area contributed by atoms with E-state index >= 15 is 0 Å². The van der Waals surface area contributed by atoms with E-state index in [4.69, 9.17) is 33.2 Å². The molecule has 7 aromatic rings. The summed E-state index contributed by atoms with van der Waals surface area (Å²) in [5.41, 5.74) is 7.29. The maximum Gasteiger partial charge on any atom is 0.338 e. The van der Waals surface area contributed by atoms with Crippen LogP contribution in [0.5, 0.6) is 40.2 Å². The lowest BCUT2D eigenvalue weighted by atomic mass is 10.00. The first-order chi connectivity index (χ1) is 43.5. The average Bonchev–Trinajstić information content (AvgIpc) is 1.79. The number of carbonyl (C=O) groups excluding carboxylic acids is 4. The number of methoxy groups -OCH3 is 5. The smallest absolute Gasteiger partial charge is 0.338 e. The zero-order valence-corrected chi connectivity index (χ0v) is 52.9. The van der Waals surface area contributed by atoms with E-state index in [2.05, 4.69) is 27.7 Å². The maximum atomic E-state index is 13.0. The molecule has 7 rings (SSSR count).